The molecule has 1 heterocycles. The minimum absolute atomic E-state index is 0.0376. The van der Waals surface area contributed by atoms with E-state index in [2.05, 4.69) is 10.3 Å². The maximum atomic E-state index is 12.5. The molecule has 0 aliphatic rings. The zero-order chi connectivity index (χ0) is 21.1. The first-order chi connectivity index (χ1) is 14.5. The van der Waals surface area contributed by atoms with Gasteiger partial charge >= 0.3 is 0 Å². The molecule has 1 aromatic heterocycles. The number of nitro benzene ring substituents is 1. The minimum Gasteiger partial charge on any atom is -0.320 e. The normalized spacial score (nSPS) is 10.8. The van der Waals surface area contributed by atoms with Crippen molar-refractivity contribution in [2.24, 2.45) is 0 Å². The number of fused-ring (bicyclic) bond motifs is 1. The van der Waals surface area contributed by atoms with Crippen LogP contribution in [0, 0.1) is 10.1 Å². The van der Waals surface area contributed by atoms with Gasteiger partial charge < -0.3 is 5.32 Å². The molecule has 0 saturated heterocycles. The third-order valence-corrected chi connectivity index (χ3v) is 5.48. The second-order valence-corrected chi connectivity index (χ2v) is 7.69. The molecule has 0 bridgehead atoms. The van der Waals surface area contributed by atoms with Crippen molar-refractivity contribution in [1.82, 2.24) is 9.55 Å². The van der Waals surface area contributed by atoms with Crippen molar-refractivity contribution >= 4 is 51.7 Å². The lowest BCUT2D eigenvalue weighted by molar-refractivity contribution is -0.383. The fourth-order valence-corrected chi connectivity index (χ4v) is 4.00. The number of rotatable bonds is 6. The predicted octanol–water partition coefficient (Wildman–Crippen LogP) is 5.32. The molecule has 0 aliphatic carbocycles. The zero-order valence-electron chi connectivity index (χ0n) is 15.5. The maximum absolute atomic E-state index is 12.5. The van der Waals surface area contributed by atoms with Crippen LogP contribution in [0.15, 0.2) is 78.0 Å². The van der Waals surface area contributed by atoms with Crippen molar-refractivity contribution in [2.75, 3.05) is 11.1 Å². The molecule has 0 atom stereocenters. The quantitative estimate of drug-likeness (QED) is 0.250. The van der Waals surface area contributed by atoms with E-state index in [4.69, 9.17) is 11.6 Å². The molecule has 1 N–H and O–H groups in total. The molecule has 9 heteroatoms. The second kappa shape index (κ2) is 8.56. The van der Waals surface area contributed by atoms with Crippen LogP contribution >= 0.6 is 23.4 Å². The van der Waals surface area contributed by atoms with Crippen molar-refractivity contribution in [3.05, 3.63) is 87.9 Å². The first-order valence-corrected chi connectivity index (χ1v) is 10.3. The number of aromatic nitrogens is 2. The van der Waals surface area contributed by atoms with E-state index < -0.39 is 4.92 Å². The Morgan fingerprint density at radius 1 is 1.10 bits per heavy atom. The van der Waals surface area contributed by atoms with Crippen molar-refractivity contribution in [1.29, 1.82) is 0 Å². The number of hydrogen-bond donors (Lipinski definition) is 1. The lowest BCUT2D eigenvalue weighted by Gasteiger charge is -2.09. The number of hydrogen-bond acceptors (Lipinski definition) is 5. The molecule has 4 aromatic rings. The number of para-hydroxylation sites is 3. The summed E-state index contributed by atoms with van der Waals surface area (Å²) < 4.78 is 1.98. The van der Waals surface area contributed by atoms with Crippen molar-refractivity contribution in [3.8, 4) is 5.69 Å². The molecule has 0 fully saturated rings. The van der Waals surface area contributed by atoms with Crippen LogP contribution in [0.4, 0.5) is 11.4 Å². The van der Waals surface area contributed by atoms with E-state index in [1.165, 1.54) is 30.0 Å². The first kappa shape index (κ1) is 19.9. The van der Waals surface area contributed by atoms with Gasteiger partial charge in [0.15, 0.2) is 5.16 Å². The number of imidazole rings is 1. The number of carbonyl (C=O) groups is 1. The summed E-state index contributed by atoms with van der Waals surface area (Å²) >= 11 is 7.08. The predicted molar refractivity (Wildman–Crippen MR) is 119 cm³/mol. The van der Waals surface area contributed by atoms with E-state index in [1.54, 1.807) is 0 Å². The Labute approximate surface area is 180 Å². The number of amides is 1. The van der Waals surface area contributed by atoms with Gasteiger partial charge in [-0.3, -0.25) is 19.5 Å². The van der Waals surface area contributed by atoms with Crippen molar-refractivity contribution < 1.29 is 9.72 Å². The van der Waals surface area contributed by atoms with Crippen LogP contribution in [0.3, 0.4) is 0 Å². The Balaban J connectivity index is 1.57. The molecule has 150 valence electrons. The highest BCUT2D eigenvalue weighted by atomic mass is 35.5. The van der Waals surface area contributed by atoms with E-state index in [0.717, 1.165) is 16.7 Å². The molecule has 0 saturated carbocycles. The lowest BCUT2D eigenvalue weighted by atomic mass is 10.2. The first-order valence-electron chi connectivity index (χ1n) is 8.92. The molecule has 4 rings (SSSR count). The number of anilines is 1. The van der Waals surface area contributed by atoms with Crippen molar-refractivity contribution in [3.63, 3.8) is 0 Å². The molecule has 0 unspecified atom stereocenters. The molecule has 30 heavy (non-hydrogen) atoms. The number of nitro groups is 1. The smallest absolute Gasteiger partial charge is 0.294 e. The van der Waals surface area contributed by atoms with Gasteiger partial charge in [-0.05, 0) is 36.4 Å². The average molecular weight is 439 g/mol. The third-order valence-electron chi connectivity index (χ3n) is 4.31. The Morgan fingerprint density at radius 2 is 1.83 bits per heavy atom. The minimum atomic E-state index is -0.580. The molecule has 1 amide bonds. The molecular weight excluding hydrogens is 424 g/mol. The van der Waals surface area contributed by atoms with Gasteiger partial charge in [0.25, 0.3) is 5.69 Å². The summed E-state index contributed by atoms with van der Waals surface area (Å²) in [4.78, 5) is 27.8. The molecule has 0 radical (unpaired) electrons. The van der Waals surface area contributed by atoms with Crippen LogP contribution in [-0.4, -0.2) is 26.1 Å². The number of carbonyl (C=O) groups excluding carboxylic acids is 1. The number of halogens is 1. The van der Waals surface area contributed by atoms with Gasteiger partial charge in [-0.25, -0.2) is 4.98 Å². The van der Waals surface area contributed by atoms with E-state index in [0.29, 0.717) is 5.16 Å². The van der Waals surface area contributed by atoms with E-state index in [1.807, 2.05) is 59.2 Å². The van der Waals surface area contributed by atoms with Gasteiger partial charge in [-0.2, -0.15) is 0 Å². The fraction of sp³-hybridized carbons (Fsp3) is 0.0476. The van der Waals surface area contributed by atoms with Gasteiger partial charge in [0, 0.05) is 16.8 Å². The maximum Gasteiger partial charge on any atom is 0.294 e. The summed E-state index contributed by atoms with van der Waals surface area (Å²) in [6.45, 7) is 0. The SMILES string of the molecule is O=C(CSc1nc2ccccc2n1-c1ccccc1)Nc1ccc(Cl)cc1[N+](=O)[O-]. The van der Waals surface area contributed by atoms with E-state index in [9.17, 15) is 14.9 Å². The highest BCUT2D eigenvalue weighted by molar-refractivity contribution is 7.99. The largest absolute Gasteiger partial charge is 0.320 e. The van der Waals surface area contributed by atoms with Gasteiger partial charge in [-0.15, -0.1) is 0 Å². The third kappa shape index (κ3) is 4.14. The Hall–Kier alpha value is -3.36. The second-order valence-electron chi connectivity index (χ2n) is 6.31. The number of nitrogens with zero attached hydrogens (tertiary/aromatic N) is 3. The van der Waals surface area contributed by atoms with Crippen molar-refractivity contribution in [2.45, 2.75) is 5.16 Å². The summed E-state index contributed by atoms with van der Waals surface area (Å²) in [5.74, 6) is -0.340. The molecular formula is C21H15ClN4O3S. The van der Waals surface area contributed by atoms with E-state index >= 15 is 0 Å². The molecule has 3 aromatic carbocycles. The standard InChI is InChI=1S/C21H15ClN4O3S/c22-14-10-11-17(19(12-14)26(28)29)23-20(27)13-30-21-24-16-8-4-5-9-18(16)25(21)15-6-2-1-3-7-15/h1-12H,13H2,(H,23,27). The zero-order valence-corrected chi connectivity index (χ0v) is 17.1. The summed E-state index contributed by atoms with van der Waals surface area (Å²) in [6.07, 6.45) is 0. The van der Waals surface area contributed by atoms with Gasteiger partial charge in [0.1, 0.15) is 5.69 Å². The van der Waals surface area contributed by atoms with Gasteiger partial charge in [0.2, 0.25) is 5.91 Å². The van der Waals surface area contributed by atoms with Crippen LogP contribution < -0.4 is 5.32 Å². The summed E-state index contributed by atoms with van der Waals surface area (Å²) in [6, 6.07) is 21.6. The lowest BCUT2D eigenvalue weighted by Crippen LogP contribution is -2.15. The Bertz CT molecular complexity index is 1240. The number of nitrogens with one attached hydrogen (secondary N) is 1. The number of benzene rings is 3. The summed E-state index contributed by atoms with van der Waals surface area (Å²) in [5.41, 5.74) is 2.53. The van der Waals surface area contributed by atoms with E-state index in [-0.39, 0.29) is 28.1 Å². The topological polar surface area (TPSA) is 90.1 Å². The number of thioether (sulfide) groups is 1. The van der Waals surface area contributed by atoms with Crippen LogP contribution in [0.2, 0.25) is 5.02 Å². The molecule has 7 nitrogen and oxygen atoms in total. The summed E-state index contributed by atoms with van der Waals surface area (Å²) in [7, 11) is 0. The molecule has 0 spiro atoms. The van der Waals surface area contributed by atoms with Gasteiger partial charge in [-0.1, -0.05) is 53.7 Å². The van der Waals surface area contributed by atoms with Crippen LogP contribution in [0.5, 0.6) is 0 Å². The summed E-state index contributed by atoms with van der Waals surface area (Å²) in [5, 5.41) is 14.7. The van der Waals surface area contributed by atoms with Crippen LogP contribution in [-0.2, 0) is 4.79 Å². The highest BCUT2D eigenvalue weighted by Crippen LogP contribution is 2.30. The highest BCUT2D eigenvalue weighted by Gasteiger charge is 2.18. The van der Waals surface area contributed by atoms with Gasteiger partial charge in [0.05, 0.1) is 21.7 Å². The Morgan fingerprint density at radius 3 is 2.60 bits per heavy atom. The monoisotopic (exact) mass is 438 g/mol. The van der Waals surface area contributed by atoms with Crippen LogP contribution in [0.1, 0.15) is 0 Å². The fourth-order valence-electron chi connectivity index (χ4n) is 3.01. The molecule has 0 aliphatic heterocycles. The average Bonchev–Trinajstić information content (AvgIpc) is 3.12. The van der Waals surface area contributed by atoms with Crippen LogP contribution in [0.25, 0.3) is 16.7 Å². The Kier molecular flexibility index (Phi) is 5.69.